The van der Waals surface area contributed by atoms with Gasteiger partial charge in [0.1, 0.15) is 0 Å². The smallest absolute Gasteiger partial charge is 0.0489 e. The number of hydrogen-bond acceptors (Lipinski definition) is 1. The maximum Gasteiger partial charge on any atom is 0.0489 e. The highest BCUT2D eigenvalue weighted by molar-refractivity contribution is 8.23. The molecule has 38 valence electrons. The quantitative estimate of drug-likeness (QED) is 0.450. The Labute approximate surface area is 39.6 Å². The van der Waals surface area contributed by atoms with Crippen molar-refractivity contribution in [2.45, 2.75) is 0 Å². The van der Waals surface area contributed by atoms with Gasteiger partial charge in [0, 0.05) is 7.11 Å². The van der Waals surface area contributed by atoms with Gasteiger partial charge in [0.05, 0.1) is 0 Å². The van der Waals surface area contributed by atoms with E-state index in [9.17, 15) is 0 Å². The van der Waals surface area contributed by atoms with Gasteiger partial charge in [-0.15, -0.1) is 9.49 Å². The lowest BCUT2D eigenvalue weighted by molar-refractivity contribution is 0.488. The van der Waals surface area contributed by atoms with Gasteiger partial charge >= 0.3 is 0 Å². The fourth-order valence-electron chi connectivity index (χ4n) is 0. The minimum absolute atomic E-state index is 1.16. The topological polar surface area (TPSA) is 9.23 Å². The van der Waals surface area contributed by atoms with Gasteiger partial charge in [0.25, 0.3) is 0 Å². The lowest BCUT2D eigenvalue weighted by Gasteiger charge is -1.99. The standard InChI is InChI=1S/C4H10OS/c1-5-6(2,3)4/h2-3H2,1,4H3. The minimum Gasteiger partial charge on any atom is -0.334 e. The maximum atomic E-state index is 4.80. The van der Waals surface area contributed by atoms with E-state index in [1.807, 2.05) is 6.26 Å². The molecule has 1 nitrogen and oxygen atoms in total. The Hall–Kier alpha value is 0.0500. The summed E-state index contributed by atoms with van der Waals surface area (Å²) in [5.41, 5.74) is 0. The molecule has 0 aromatic carbocycles. The van der Waals surface area contributed by atoms with E-state index in [-0.39, 0.29) is 0 Å². The molecular formula is C4H10OS. The van der Waals surface area contributed by atoms with Crippen molar-refractivity contribution in [3.8, 4) is 0 Å². The van der Waals surface area contributed by atoms with Gasteiger partial charge in [-0.1, -0.05) is 11.7 Å². The minimum atomic E-state index is -1.16. The molecule has 0 radical (unpaired) electrons. The van der Waals surface area contributed by atoms with Crippen molar-refractivity contribution in [1.82, 2.24) is 0 Å². The normalized spacial score (nSPS) is 11.7. The molecule has 0 aliphatic heterocycles. The third-order valence-corrected chi connectivity index (χ3v) is 1.21. The highest BCUT2D eigenvalue weighted by Gasteiger charge is 1.72. The first-order valence-electron chi connectivity index (χ1n) is 1.56. The van der Waals surface area contributed by atoms with Crippen LogP contribution in [-0.4, -0.2) is 25.1 Å². The van der Waals surface area contributed by atoms with Crippen molar-refractivity contribution < 1.29 is 4.18 Å². The van der Waals surface area contributed by atoms with Crippen LogP contribution >= 0.6 is 9.49 Å². The van der Waals surface area contributed by atoms with E-state index in [4.69, 9.17) is 4.18 Å². The summed E-state index contributed by atoms with van der Waals surface area (Å²) in [7, 11) is 0.458. The molecule has 2 heteroatoms. The molecule has 0 fully saturated rings. The van der Waals surface area contributed by atoms with Crippen molar-refractivity contribution in [1.29, 1.82) is 0 Å². The van der Waals surface area contributed by atoms with Crippen LogP contribution in [0.3, 0.4) is 0 Å². The fraction of sp³-hybridized carbons (Fsp3) is 0.500. The molecule has 0 aliphatic rings. The number of hydrogen-bond donors (Lipinski definition) is 0. The summed E-state index contributed by atoms with van der Waals surface area (Å²) < 4.78 is 4.80. The van der Waals surface area contributed by atoms with Crippen LogP contribution in [0.4, 0.5) is 0 Å². The molecule has 0 amide bonds. The summed E-state index contributed by atoms with van der Waals surface area (Å²) in [6.07, 6.45) is 1.88. The van der Waals surface area contributed by atoms with Crippen molar-refractivity contribution in [3.05, 3.63) is 0 Å². The summed E-state index contributed by atoms with van der Waals surface area (Å²) in [4.78, 5) is 0. The maximum absolute atomic E-state index is 4.80. The van der Waals surface area contributed by atoms with E-state index < -0.39 is 9.49 Å². The highest BCUT2D eigenvalue weighted by atomic mass is 32.2. The van der Waals surface area contributed by atoms with E-state index in [0.717, 1.165) is 0 Å². The molecule has 0 saturated carbocycles. The van der Waals surface area contributed by atoms with Gasteiger partial charge in [0.2, 0.25) is 0 Å². The second-order valence-electron chi connectivity index (χ2n) is 1.35. The van der Waals surface area contributed by atoms with Crippen LogP contribution in [0.5, 0.6) is 0 Å². The third kappa shape index (κ3) is 4.05. The summed E-state index contributed by atoms with van der Waals surface area (Å²) in [6, 6.07) is 0. The Morgan fingerprint density at radius 1 is 1.50 bits per heavy atom. The Morgan fingerprint density at radius 2 is 1.67 bits per heavy atom. The van der Waals surface area contributed by atoms with Crippen LogP contribution in [0.25, 0.3) is 0 Å². The SMILES string of the molecule is C=S(=C)(C)OC. The van der Waals surface area contributed by atoms with Gasteiger partial charge in [-0.25, -0.2) is 0 Å². The first-order valence-corrected chi connectivity index (χ1v) is 3.87. The first-order chi connectivity index (χ1) is 2.56. The molecule has 0 aromatic heterocycles. The van der Waals surface area contributed by atoms with Gasteiger partial charge in [-0.3, -0.25) is 0 Å². The summed E-state index contributed by atoms with van der Waals surface area (Å²) in [6.45, 7) is 0. The Morgan fingerprint density at radius 3 is 1.67 bits per heavy atom. The van der Waals surface area contributed by atoms with Crippen molar-refractivity contribution in [3.63, 3.8) is 0 Å². The lowest BCUT2D eigenvalue weighted by Crippen LogP contribution is -1.72. The summed E-state index contributed by atoms with van der Waals surface area (Å²) in [5, 5.41) is 0. The Kier molecular flexibility index (Phi) is 1.68. The fourth-order valence-corrected chi connectivity index (χ4v) is 0. The molecule has 0 saturated heterocycles. The predicted molar refractivity (Wildman–Crippen MR) is 34.8 cm³/mol. The van der Waals surface area contributed by atoms with E-state index in [0.29, 0.717) is 0 Å². The van der Waals surface area contributed by atoms with Crippen LogP contribution < -0.4 is 0 Å². The van der Waals surface area contributed by atoms with Crippen LogP contribution in [0.2, 0.25) is 0 Å². The monoisotopic (exact) mass is 106 g/mol. The second-order valence-corrected chi connectivity index (χ2v) is 4.05. The van der Waals surface area contributed by atoms with Crippen LogP contribution in [-0.2, 0) is 4.18 Å². The van der Waals surface area contributed by atoms with Gasteiger partial charge < -0.3 is 4.18 Å². The summed E-state index contributed by atoms with van der Waals surface area (Å²) in [5.74, 6) is 7.28. The lowest BCUT2D eigenvalue weighted by atomic mass is 11.8. The average Bonchev–Trinajstić information content (AvgIpc) is 1.35. The van der Waals surface area contributed by atoms with Crippen LogP contribution in [0.1, 0.15) is 0 Å². The van der Waals surface area contributed by atoms with E-state index in [1.54, 1.807) is 7.11 Å². The molecule has 0 rings (SSSR count). The molecule has 0 spiro atoms. The zero-order valence-electron chi connectivity index (χ0n) is 4.23. The van der Waals surface area contributed by atoms with Crippen LogP contribution in [0, 0.1) is 0 Å². The van der Waals surface area contributed by atoms with E-state index in [2.05, 4.69) is 11.7 Å². The largest absolute Gasteiger partial charge is 0.334 e. The Balaban J connectivity index is 3.85. The molecule has 6 heavy (non-hydrogen) atoms. The van der Waals surface area contributed by atoms with Crippen LogP contribution in [0.15, 0.2) is 0 Å². The second kappa shape index (κ2) is 1.67. The molecule has 0 N–H and O–H groups in total. The molecule has 0 bridgehead atoms. The van der Waals surface area contributed by atoms with Crippen molar-refractivity contribution in [2.24, 2.45) is 0 Å². The zero-order valence-corrected chi connectivity index (χ0v) is 5.05. The predicted octanol–water partition coefficient (Wildman–Crippen LogP) is 0.846. The van der Waals surface area contributed by atoms with Crippen molar-refractivity contribution in [2.75, 3.05) is 13.4 Å². The molecule has 0 heterocycles. The van der Waals surface area contributed by atoms with Gasteiger partial charge in [-0.05, 0) is 6.26 Å². The third-order valence-electron chi connectivity index (χ3n) is 0.402. The van der Waals surface area contributed by atoms with Gasteiger partial charge in [-0.2, -0.15) is 0 Å². The Bertz CT molecular complexity index is 110. The van der Waals surface area contributed by atoms with Gasteiger partial charge in [0.15, 0.2) is 0 Å². The zero-order chi connectivity index (χ0) is 5.21. The average molecular weight is 106 g/mol. The first kappa shape index (κ1) is 6.05. The molecule has 0 unspecified atom stereocenters. The summed E-state index contributed by atoms with van der Waals surface area (Å²) >= 11 is 0. The van der Waals surface area contributed by atoms with Crippen molar-refractivity contribution >= 4 is 21.2 Å². The molecule has 0 atom stereocenters. The van der Waals surface area contributed by atoms with E-state index in [1.165, 1.54) is 0 Å². The van der Waals surface area contributed by atoms with E-state index >= 15 is 0 Å². The number of rotatable bonds is 1. The molecule has 0 aliphatic carbocycles. The highest BCUT2D eigenvalue weighted by Crippen LogP contribution is 2.09. The molecular weight excluding hydrogens is 96.1 g/mol. The molecule has 0 aromatic rings.